The van der Waals surface area contributed by atoms with Gasteiger partial charge < -0.3 is 11.5 Å². The molecule has 1 amide bonds. The van der Waals surface area contributed by atoms with Crippen LogP contribution in [0.3, 0.4) is 0 Å². The number of carbonyl (C=O) groups excluding carboxylic acids is 1. The molecule has 1 aliphatic rings. The number of amides is 1. The summed E-state index contributed by atoms with van der Waals surface area (Å²) in [6, 6.07) is 8.46. The molecule has 2 rings (SSSR count). The zero-order chi connectivity index (χ0) is 15.4. The molecule has 0 spiro atoms. The predicted molar refractivity (Wildman–Crippen MR) is 88.6 cm³/mol. The average Bonchev–Trinajstić information content (AvgIpc) is 2.47. The number of primary amides is 1. The van der Waals surface area contributed by atoms with Crippen LogP contribution >= 0.6 is 15.9 Å². The van der Waals surface area contributed by atoms with Crippen LogP contribution in [0.1, 0.15) is 37.8 Å². The van der Waals surface area contributed by atoms with Crippen LogP contribution in [0, 0.1) is 5.92 Å². The predicted octanol–water partition coefficient (Wildman–Crippen LogP) is 2.42. The van der Waals surface area contributed by atoms with Crippen LogP contribution in [0.15, 0.2) is 28.7 Å². The molecule has 3 unspecified atom stereocenters. The molecule has 5 heteroatoms. The number of hydrogen-bond donors (Lipinski definition) is 2. The summed E-state index contributed by atoms with van der Waals surface area (Å²) >= 11 is 3.53. The first-order valence-corrected chi connectivity index (χ1v) is 8.36. The molecule has 0 bridgehead atoms. The van der Waals surface area contributed by atoms with Crippen molar-refractivity contribution in [2.75, 3.05) is 13.1 Å². The van der Waals surface area contributed by atoms with E-state index in [1.165, 1.54) is 5.56 Å². The van der Waals surface area contributed by atoms with Gasteiger partial charge in [0, 0.05) is 23.1 Å². The Morgan fingerprint density at radius 3 is 2.90 bits per heavy atom. The number of halogens is 1. The van der Waals surface area contributed by atoms with Gasteiger partial charge in [0.2, 0.25) is 5.91 Å². The van der Waals surface area contributed by atoms with E-state index in [0.717, 1.165) is 30.3 Å². The van der Waals surface area contributed by atoms with Crippen molar-refractivity contribution in [2.24, 2.45) is 17.4 Å². The second-order valence-electron chi connectivity index (χ2n) is 5.81. The Kier molecular flexibility index (Phi) is 5.79. The van der Waals surface area contributed by atoms with Crippen LogP contribution in [0.2, 0.25) is 0 Å². The van der Waals surface area contributed by atoms with Gasteiger partial charge in [-0.15, -0.1) is 0 Å². The van der Waals surface area contributed by atoms with Crippen LogP contribution in [0.5, 0.6) is 0 Å². The van der Waals surface area contributed by atoms with Crippen molar-refractivity contribution < 1.29 is 4.79 Å². The van der Waals surface area contributed by atoms with Gasteiger partial charge in [0.25, 0.3) is 0 Å². The third kappa shape index (κ3) is 4.05. The molecule has 1 aliphatic heterocycles. The molecule has 1 aromatic rings. The van der Waals surface area contributed by atoms with Gasteiger partial charge in [0.05, 0.1) is 5.92 Å². The molecule has 3 atom stereocenters. The van der Waals surface area contributed by atoms with E-state index in [1.807, 2.05) is 12.1 Å². The lowest BCUT2D eigenvalue weighted by atomic mass is 9.90. The van der Waals surface area contributed by atoms with Gasteiger partial charge in [-0.2, -0.15) is 0 Å². The molecule has 4 nitrogen and oxygen atoms in total. The zero-order valence-corrected chi connectivity index (χ0v) is 14.1. The standard InChI is InChI=1S/C16H24BrN3O/c1-2-14(18)15(11-5-3-7-13(17)9-11)20-8-4-6-12(10-20)16(19)21/h3,5,7,9,12,14-15H,2,4,6,8,10,18H2,1H3,(H2,19,21). The van der Waals surface area contributed by atoms with Crippen LogP contribution in [0.4, 0.5) is 0 Å². The fraction of sp³-hybridized carbons (Fsp3) is 0.562. The van der Waals surface area contributed by atoms with E-state index in [0.29, 0.717) is 6.54 Å². The van der Waals surface area contributed by atoms with Crippen LogP contribution < -0.4 is 11.5 Å². The van der Waals surface area contributed by atoms with E-state index in [4.69, 9.17) is 11.5 Å². The Morgan fingerprint density at radius 2 is 2.29 bits per heavy atom. The number of benzene rings is 1. The van der Waals surface area contributed by atoms with Crippen molar-refractivity contribution in [3.63, 3.8) is 0 Å². The number of nitrogens with zero attached hydrogens (tertiary/aromatic N) is 1. The highest BCUT2D eigenvalue weighted by molar-refractivity contribution is 9.10. The minimum absolute atomic E-state index is 0.0472. The van der Waals surface area contributed by atoms with Gasteiger partial charge in [0.15, 0.2) is 0 Å². The second-order valence-corrected chi connectivity index (χ2v) is 6.72. The minimum Gasteiger partial charge on any atom is -0.369 e. The third-order valence-corrected chi connectivity index (χ3v) is 4.81. The lowest BCUT2D eigenvalue weighted by Gasteiger charge is -2.40. The van der Waals surface area contributed by atoms with Crippen LogP contribution in [-0.4, -0.2) is 29.9 Å². The van der Waals surface area contributed by atoms with E-state index < -0.39 is 0 Å². The molecule has 1 aromatic carbocycles. The zero-order valence-electron chi connectivity index (χ0n) is 12.5. The minimum atomic E-state index is -0.197. The summed E-state index contributed by atoms with van der Waals surface area (Å²) in [5.41, 5.74) is 13.1. The Balaban J connectivity index is 2.25. The molecule has 1 fully saturated rings. The van der Waals surface area contributed by atoms with Gasteiger partial charge in [-0.25, -0.2) is 0 Å². The van der Waals surface area contributed by atoms with Crippen molar-refractivity contribution >= 4 is 21.8 Å². The van der Waals surface area contributed by atoms with Crippen molar-refractivity contribution in [3.8, 4) is 0 Å². The maximum absolute atomic E-state index is 11.5. The van der Waals surface area contributed by atoms with Crippen molar-refractivity contribution in [2.45, 2.75) is 38.3 Å². The maximum Gasteiger partial charge on any atom is 0.221 e. The fourth-order valence-corrected chi connectivity index (χ4v) is 3.55. The molecular weight excluding hydrogens is 330 g/mol. The monoisotopic (exact) mass is 353 g/mol. The largest absolute Gasteiger partial charge is 0.369 e. The van der Waals surface area contributed by atoms with E-state index in [1.54, 1.807) is 0 Å². The summed E-state index contributed by atoms with van der Waals surface area (Å²) in [5, 5.41) is 0. The molecule has 0 aliphatic carbocycles. The summed E-state index contributed by atoms with van der Waals surface area (Å²) in [7, 11) is 0. The topological polar surface area (TPSA) is 72.3 Å². The third-order valence-electron chi connectivity index (χ3n) is 4.32. The highest BCUT2D eigenvalue weighted by atomic mass is 79.9. The molecule has 1 heterocycles. The number of likely N-dealkylation sites (tertiary alicyclic amines) is 1. The Bertz CT molecular complexity index is 494. The quantitative estimate of drug-likeness (QED) is 0.853. The number of piperidine rings is 1. The maximum atomic E-state index is 11.5. The molecule has 0 saturated carbocycles. The molecule has 0 aromatic heterocycles. The molecule has 116 valence electrons. The SMILES string of the molecule is CCC(N)C(c1cccc(Br)c1)N1CCCC(C(N)=O)C1. The van der Waals surface area contributed by atoms with Gasteiger partial charge in [0.1, 0.15) is 0 Å². The number of rotatable bonds is 5. The molecular formula is C16H24BrN3O. The van der Waals surface area contributed by atoms with Crippen LogP contribution in [-0.2, 0) is 4.79 Å². The van der Waals surface area contributed by atoms with Gasteiger partial charge in [-0.1, -0.05) is 35.0 Å². The first-order valence-electron chi connectivity index (χ1n) is 7.57. The lowest BCUT2D eigenvalue weighted by molar-refractivity contribution is -0.123. The first kappa shape index (κ1) is 16.5. The molecule has 1 saturated heterocycles. The Hall–Kier alpha value is -0.910. The highest BCUT2D eigenvalue weighted by Crippen LogP contribution is 2.31. The fourth-order valence-electron chi connectivity index (χ4n) is 3.13. The Morgan fingerprint density at radius 1 is 1.52 bits per heavy atom. The van der Waals surface area contributed by atoms with E-state index in [2.05, 4.69) is 39.9 Å². The first-order chi connectivity index (χ1) is 10.0. The summed E-state index contributed by atoms with van der Waals surface area (Å²) < 4.78 is 1.05. The van der Waals surface area contributed by atoms with E-state index >= 15 is 0 Å². The highest BCUT2D eigenvalue weighted by Gasteiger charge is 2.32. The summed E-state index contributed by atoms with van der Waals surface area (Å²) in [5.74, 6) is -0.254. The lowest BCUT2D eigenvalue weighted by Crippen LogP contribution is -2.48. The average molecular weight is 354 g/mol. The van der Waals surface area contributed by atoms with Crippen LogP contribution in [0.25, 0.3) is 0 Å². The number of hydrogen-bond acceptors (Lipinski definition) is 3. The Labute approximate surface area is 135 Å². The van der Waals surface area contributed by atoms with Crippen molar-refractivity contribution in [1.82, 2.24) is 4.90 Å². The second kappa shape index (κ2) is 7.38. The van der Waals surface area contributed by atoms with E-state index in [9.17, 15) is 4.79 Å². The molecule has 4 N–H and O–H groups in total. The van der Waals surface area contributed by atoms with Crippen molar-refractivity contribution in [1.29, 1.82) is 0 Å². The number of nitrogens with two attached hydrogens (primary N) is 2. The summed E-state index contributed by atoms with van der Waals surface area (Å²) in [4.78, 5) is 13.8. The normalized spacial score (nSPS) is 22.7. The molecule has 21 heavy (non-hydrogen) atoms. The summed E-state index contributed by atoms with van der Waals surface area (Å²) in [6.07, 6.45) is 2.78. The number of carbonyl (C=O) groups is 1. The smallest absolute Gasteiger partial charge is 0.221 e. The molecule has 0 radical (unpaired) electrons. The van der Waals surface area contributed by atoms with Crippen molar-refractivity contribution in [3.05, 3.63) is 34.3 Å². The van der Waals surface area contributed by atoms with E-state index in [-0.39, 0.29) is 23.9 Å². The van der Waals surface area contributed by atoms with Gasteiger partial charge in [-0.3, -0.25) is 9.69 Å². The van der Waals surface area contributed by atoms with Gasteiger partial charge >= 0.3 is 0 Å². The summed E-state index contributed by atoms with van der Waals surface area (Å²) in [6.45, 7) is 3.78. The van der Waals surface area contributed by atoms with Gasteiger partial charge in [-0.05, 0) is 43.5 Å².